The maximum absolute atomic E-state index is 13.1. The molecule has 1 N–H and O–H groups in total. The fourth-order valence-corrected chi connectivity index (χ4v) is 4.23. The zero-order chi connectivity index (χ0) is 24.6. The van der Waals surface area contributed by atoms with Crippen molar-refractivity contribution in [2.24, 2.45) is 0 Å². The fourth-order valence-electron chi connectivity index (χ4n) is 4.23. The van der Waals surface area contributed by atoms with Crippen LogP contribution >= 0.6 is 0 Å². The maximum Gasteiger partial charge on any atom is 0.416 e. The molecule has 2 aliphatic heterocycles. The second kappa shape index (κ2) is 12.8. The van der Waals surface area contributed by atoms with Crippen molar-refractivity contribution >= 4 is 5.91 Å². The molecule has 0 aliphatic carbocycles. The molecule has 0 bridgehead atoms. The molecule has 1 aromatic rings. The van der Waals surface area contributed by atoms with Gasteiger partial charge in [0.1, 0.15) is 0 Å². The van der Waals surface area contributed by atoms with E-state index in [0.717, 1.165) is 25.2 Å². The Morgan fingerprint density at radius 2 is 1.91 bits per heavy atom. The number of carbonyl (C=O) groups is 1. The first-order valence-corrected chi connectivity index (χ1v) is 11.5. The molecule has 2 heterocycles. The highest BCUT2D eigenvalue weighted by molar-refractivity contribution is 5.94. The van der Waals surface area contributed by atoms with Crippen LogP contribution in [0.3, 0.4) is 0 Å². The molecule has 2 atom stereocenters. The quantitative estimate of drug-likeness (QED) is 0.529. The Hall–Kier alpha value is -1.76. The van der Waals surface area contributed by atoms with Gasteiger partial charge in [0.2, 0.25) is 0 Å². The van der Waals surface area contributed by atoms with Crippen LogP contribution in [-0.4, -0.2) is 124 Å². The molecule has 11 heteroatoms. The molecule has 0 radical (unpaired) electrons. The zero-order valence-electron chi connectivity index (χ0n) is 19.5. The molecular weight excluding hydrogens is 455 g/mol. The van der Waals surface area contributed by atoms with Crippen LogP contribution in [0, 0.1) is 0 Å². The van der Waals surface area contributed by atoms with Gasteiger partial charge in [-0.05, 0) is 18.2 Å². The molecule has 3 rings (SSSR count). The van der Waals surface area contributed by atoms with Gasteiger partial charge in [0.15, 0.2) is 0 Å². The molecule has 2 saturated heterocycles. The lowest BCUT2D eigenvalue weighted by Crippen LogP contribution is -2.52. The summed E-state index contributed by atoms with van der Waals surface area (Å²) in [5.41, 5.74) is -0.890. The van der Waals surface area contributed by atoms with Crippen molar-refractivity contribution < 1.29 is 37.3 Å². The van der Waals surface area contributed by atoms with E-state index in [2.05, 4.69) is 9.80 Å². The van der Waals surface area contributed by atoms with Crippen molar-refractivity contribution in [2.75, 3.05) is 85.9 Å². The Morgan fingerprint density at radius 1 is 1.21 bits per heavy atom. The number of β-amino-alcohol motifs (C(OH)–C–C–N with tert-alkyl or cyclic N) is 1. The first-order valence-electron chi connectivity index (χ1n) is 11.5. The third-order valence-corrected chi connectivity index (χ3v) is 5.98. The standard InChI is InChI=1S/C23H34F3N3O5/c1-32-9-8-29(22(31)18-3-2-4-19(13-18)23(24,25)26)17-21-16-28(7-12-34-21)15-20(30)14-27-5-10-33-11-6-27/h2-4,13,20-21,30H,5-12,14-17H2,1H3. The summed E-state index contributed by atoms with van der Waals surface area (Å²) < 4.78 is 55.6. The Morgan fingerprint density at radius 3 is 2.62 bits per heavy atom. The summed E-state index contributed by atoms with van der Waals surface area (Å²) in [6, 6.07) is 4.44. The minimum atomic E-state index is -4.53. The predicted molar refractivity (Wildman–Crippen MR) is 119 cm³/mol. The van der Waals surface area contributed by atoms with E-state index in [9.17, 15) is 23.1 Å². The van der Waals surface area contributed by atoms with Gasteiger partial charge < -0.3 is 24.2 Å². The van der Waals surface area contributed by atoms with Gasteiger partial charge in [-0.15, -0.1) is 0 Å². The Balaban J connectivity index is 1.58. The molecule has 192 valence electrons. The highest BCUT2D eigenvalue weighted by Crippen LogP contribution is 2.29. The predicted octanol–water partition coefficient (Wildman–Crippen LogP) is 1.19. The number of benzene rings is 1. The monoisotopic (exact) mass is 489 g/mol. The Kier molecular flexibility index (Phi) is 10.1. The molecule has 2 aliphatic rings. The van der Waals surface area contributed by atoms with Gasteiger partial charge in [-0.25, -0.2) is 0 Å². The maximum atomic E-state index is 13.1. The van der Waals surface area contributed by atoms with Crippen molar-refractivity contribution in [1.29, 1.82) is 0 Å². The van der Waals surface area contributed by atoms with Gasteiger partial charge in [-0.1, -0.05) is 6.07 Å². The van der Waals surface area contributed by atoms with E-state index >= 15 is 0 Å². The van der Waals surface area contributed by atoms with E-state index < -0.39 is 23.8 Å². The van der Waals surface area contributed by atoms with Crippen molar-refractivity contribution in [2.45, 2.75) is 18.4 Å². The highest BCUT2D eigenvalue weighted by Gasteiger charge is 2.32. The van der Waals surface area contributed by atoms with Crippen LogP contribution in [0.2, 0.25) is 0 Å². The summed E-state index contributed by atoms with van der Waals surface area (Å²) >= 11 is 0. The number of morpholine rings is 2. The molecule has 0 aromatic heterocycles. The van der Waals surface area contributed by atoms with Gasteiger partial charge >= 0.3 is 6.18 Å². The zero-order valence-corrected chi connectivity index (χ0v) is 19.5. The van der Waals surface area contributed by atoms with Crippen molar-refractivity contribution in [3.63, 3.8) is 0 Å². The lowest BCUT2D eigenvalue weighted by molar-refractivity contribution is -0.137. The van der Waals surface area contributed by atoms with Crippen LogP contribution < -0.4 is 0 Å². The second-order valence-electron chi connectivity index (χ2n) is 8.64. The topological polar surface area (TPSA) is 74.7 Å². The number of methoxy groups -OCH3 is 1. The number of aliphatic hydroxyl groups excluding tert-OH is 1. The number of rotatable bonds is 10. The number of aliphatic hydroxyl groups is 1. The van der Waals surface area contributed by atoms with E-state index in [1.807, 2.05) is 0 Å². The molecular formula is C23H34F3N3O5. The third kappa shape index (κ3) is 8.17. The minimum absolute atomic E-state index is 0.0282. The Labute approximate surface area is 198 Å². The van der Waals surface area contributed by atoms with Crippen molar-refractivity contribution in [3.8, 4) is 0 Å². The molecule has 2 fully saturated rings. The number of hydrogen-bond donors (Lipinski definition) is 1. The van der Waals surface area contributed by atoms with E-state index in [-0.39, 0.29) is 31.4 Å². The number of carbonyl (C=O) groups excluding carboxylic acids is 1. The minimum Gasteiger partial charge on any atom is -0.390 e. The number of nitrogens with zero attached hydrogens (tertiary/aromatic N) is 3. The van der Waals surface area contributed by atoms with Crippen molar-refractivity contribution in [1.82, 2.24) is 14.7 Å². The lowest BCUT2D eigenvalue weighted by atomic mass is 10.1. The van der Waals surface area contributed by atoms with Crippen LogP contribution in [0.25, 0.3) is 0 Å². The number of alkyl halides is 3. The number of amides is 1. The molecule has 0 saturated carbocycles. The average Bonchev–Trinajstić information content (AvgIpc) is 2.81. The van der Waals surface area contributed by atoms with Gasteiger partial charge in [0, 0.05) is 65.0 Å². The summed E-state index contributed by atoms with van der Waals surface area (Å²) in [5.74, 6) is -0.503. The number of halogens is 3. The SMILES string of the molecule is COCCN(CC1CN(CC(O)CN2CCOCC2)CCO1)C(=O)c1cccc(C(F)(F)F)c1. The summed E-state index contributed by atoms with van der Waals surface area (Å²) in [4.78, 5) is 18.8. The smallest absolute Gasteiger partial charge is 0.390 e. The molecule has 0 spiro atoms. The molecule has 34 heavy (non-hydrogen) atoms. The largest absolute Gasteiger partial charge is 0.416 e. The van der Waals surface area contributed by atoms with Crippen LogP contribution in [0.5, 0.6) is 0 Å². The first-order chi connectivity index (χ1) is 16.3. The molecule has 1 amide bonds. The second-order valence-corrected chi connectivity index (χ2v) is 8.64. The fraction of sp³-hybridized carbons (Fsp3) is 0.696. The Bertz CT molecular complexity index is 776. The van der Waals surface area contributed by atoms with Crippen LogP contribution in [-0.2, 0) is 20.4 Å². The molecule has 8 nitrogen and oxygen atoms in total. The van der Waals surface area contributed by atoms with Gasteiger partial charge in [0.05, 0.1) is 44.2 Å². The van der Waals surface area contributed by atoms with Crippen LogP contribution in [0.15, 0.2) is 24.3 Å². The first kappa shape index (κ1) is 26.8. The van der Waals surface area contributed by atoms with E-state index in [4.69, 9.17) is 14.2 Å². The van der Waals surface area contributed by atoms with Gasteiger partial charge in [0.25, 0.3) is 5.91 Å². The number of ether oxygens (including phenoxy) is 3. The third-order valence-electron chi connectivity index (χ3n) is 5.98. The van der Waals surface area contributed by atoms with Crippen LogP contribution in [0.4, 0.5) is 13.2 Å². The normalized spacial score (nSPS) is 21.4. The van der Waals surface area contributed by atoms with Gasteiger partial charge in [-0.3, -0.25) is 14.6 Å². The van der Waals surface area contributed by atoms with Crippen molar-refractivity contribution in [3.05, 3.63) is 35.4 Å². The lowest BCUT2D eigenvalue weighted by Gasteiger charge is -2.37. The molecule has 1 aromatic carbocycles. The summed E-state index contributed by atoms with van der Waals surface area (Å²) in [6.07, 6.45) is -5.37. The van der Waals surface area contributed by atoms with E-state index in [1.54, 1.807) is 0 Å². The average molecular weight is 490 g/mol. The summed E-state index contributed by atoms with van der Waals surface area (Å²) in [5, 5.41) is 10.5. The van der Waals surface area contributed by atoms with E-state index in [1.165, 1.54) is 24.1 Å². The summed E-state index contributed by atoms with van der Waals surface area (Å²) in [6.45, 7) is 6.31. The highest BCUT2D eigenvalue weighted by atomic mass is 19.4. The van der Waals surface area contributed by atoms with Crippen LogP contribution in [0.1, 0.15) is 15.9 Å². The summed E-state index contributed by atoms with van der Waals surface area (Å²) in [7, 11) is 1.50. The molecule has 2 unspecified atom stereocenters. The van der Waals surface area contributed by atoms with E-state index in [0.29, 0.717) is 46.0 Å². The number of hydrogen-bond acceptors (Lipinski definition) is 7. The van der Waals surface area contributed by atoms with Gasteiger partial charge in [-0.2, -0.15) is 13.2 Å².